The molecule has 0 amide bonds. The van der Waals surface area contributed by atoms with Gasteiger partial charge in [-0.3, -0.25) is 31.1 Å². The second-order valence-electron chi connectivity index (χ2n) is 5.07. The van der Waals surface area contributed by atoms with Crippen molar-refractivity contribution in [1.29, 1.82) is 0 Å². The van der Waals surface area contributed by atoms with Gasteiger partial charge in [-0.25, -0.2) is 0 Å². The number of hydrogen-bond donors (Lipinski definition) is 4. The summed E-state index contributed by atoms with van der Waals surface area (Å²) >= 11 is 4.89. The van der Waals surface area contributed by atoms with Gasteiger partial charge >= 0.3 is 0 Å². The number of thiocarbonyl (C=S) groups is 1. The SMILES string of the molecule is O=[N+]([O-])c1ccc(O)c(/C=N\NC(=S)N/N=C\c2cc([N+](=O)[O-])ccc2O)c1. The van der Waals surface area contributed by atoms with Crippen molar-refractivity contribution in [2.45, 2.75) is 0 Å². The van der Waals surface area contributed by atoms with Crippen LogP contribution in [-0.2, 0) is 0 Å². The number of hydrazone groups is 2. The number of nitro groups is 2. The largest absolute Gasteiger partial charge is 0.507 e. The van der Waals surface area contributed by atoms with Gasteiger partial charge in [0, 0.05) is 35.4 Å². The van der Waals surface area contributed by atoms with Crippen LogP contribution in [0.15, 0.2) is 46.6 Å². The molecule has 28 heavy (non-hydrogen) atoms. The van der Waals surface area contributed by atoms with Gasteiger partial charge in [0.2, 0.25) is 5.11 Å². The van der Waals surface area contributed by atoms with E-state index in [2.05, 4.69) is 21.1 Å². The van der Waals surface area contributed by atoms with E-state index < -0.39 is 9.85 Å². The molecule has 4 N–H and O–H groups in total. The Labute approximate surface area is 162 Å². The van der Waals surface area contributed by atoms with Gasteiger partial charge in [0.05, 0.1) is 22.3 Å². The molecular weight excluding hydrogens is 392 g/mol. The minimum absolute atomic E-state index is 0.0812. The lowest BCUT2D eigenvalue weighted by atomic mass is 10.2. The Morgan fingerprint density at radius 1 is 0.893 bits per heavy atom. The Hall–Kier alpha value is -4.13. The van der Waals surface area contributed by atoms with E-state index in [1.165, 1.54) is 0 Å². The number of nitrogens with one attached hydrogen (secondary N) is 2. The van der Waals surface area contributed by atoms with E-state index in [-0.39, 0.29) is 39.1 Å². The van der Waals surface area contributed by atoms with E-state index in [1.807, 2.05) is 0 Å². The molecule has 2 aromatic carbocycles. The van der Waals surface area contributed by atoms with Gasteiger partial charge in [0.1, 0.15) is 11.5 Å². The van der Waals surface area contributed by atoms with E-state index in [9.17, 15) is 30.4 Å². The van der Waals surface area contributed by atoms with Gasteiger partial charge in [-0.2, -0.15) is 10.2 Å². The zero-order valence-electron chi connectivity index (χ0n) is 13.8. The maximum absolute atomic E-state index is 10.7. The number of phenols is 2. The van der Waals surface area contributed by atoms with Crippen LogP contribution in [0.2, 0.25) is 0 Å². The van der Waals surface area contributed by atoms with Crippen molar-refractivity contribution in [1.82, 2.24) is 10.9 Å². The Morgan fingerprint density at radius 2 is 1.29 bits per heavy atom. The number of rotatable bonds is 6. The first-order valence-corrected chi connectivity index (χ1v) is 7.75. The molecule has 0 atom stereocenters. The summed E-state index contributed by atoms with van der Waals surface area (Å²) in [5, 5.41) is 48.1. The summed E-state index contributed by atoms with van der Waals surface area (Å²) in [6.07, 6.45) is 2.23. The second-order valence-corrected chi connectivity index (χ2v) is 5.48. The highest BCUT2D eigenvalue weighted by Crippen LogP contribution is 2.22. The van der Waals surface area contributed by atoms with Gasteiger partial charge in [0.15, 0.2) is 0 Å². The van der Waals surface area contributed by atoms with Crippen molar-refractivity contribution in [3.63, 3.8) is 0 Å². The minimum atomic E-state index is -0.617. The van der Waals surface area contributed by atoms with E-state index >= 15 is 0 Å². The summed E-state index contributed by atoms with van der Waals surface area (Å²) in [4.78, 5) is 20.2. The van der Waals surface area contributed by atoms with Crippen LogP contribution in [0.4, 0.5) is 11.4 Å². The van der Waals surface area contributed by atoms with Gasteiger partial charge in [-0.15, -0.1) is 0 Å². The third-order valence-electron chi connectivity index (χ3n) is 3.18. The zero-order valence-corrected chi connectivity index (χ0v) is 14.7. The van der Waals surface area contributed by atoms with Crippen molar-refractivity contribution in [2.75, 3.05) is 0 Å². The van der Waals surface area contributed by atoms with Gasteiger partial charge in [0.25, 0.3) is 11.4 Å². The van der Waals surface area contributed by atoms with Gasteiger partial charge in [-0.05, 0) is 24.4 Å². The van der Waals surface area contributed by atoms with Crippen LogP contribution >= 0.6 is 12.2 Å². The average molecular weight is 404 g/mol. The third-order valence-corrected chi connectivity index (χ3v) is 3.37. The highest BCUT2D eigenvalue weighted by Gasteiger charge is 2.09. The smallest absolute Gasteiger partial charge is 0.270 e. The van der Waals surface area contributed by atoms with Crippen LogP contribution in [0, 0.1) is 20.2 Å². The minimum Gasteiger partial charge on any atom is -0.507 e. The monoisotopic (exact) mass is 404 g/mol. The summed E-state index contributed by atoms with van der Waals surface area (Å²) in [7, 11) is 0. The maximum Gasteiger partial charge on any atom is 0.270 e. The van der Waals surface area contributed by atoms with Gasteiger partial charge < -0.3 is 10.2 Å². The number of phenolic OH excluding ortho intramolecular Hbond substituents is 2. The highest BCUT2D eigenvalue weighted by atomic mass is 32.1. The van der Waals surface area contributed by atoms with E-state index in [1.54, 1.807) is 0 Å². The second kappa shape index (κ2) is 9.00. The molecule has 0 saturated carbocycles. The third kappa shape index (κ3) is 5.43. The molecule has 12 nitrogen and oxygen atoms in total. The molecule has 2 rings (SSSR count). The highest BCUT2D eigenvalue weighted by molar-refractivity contribution is 7.80. The lowest BCUT2D eigenvalue weighted by Gasteiger charge is -2.02. The summed E-state index contributed by atoms with van der Waals surface area (Å²) < 4.78 is 0. The van der Waals surface area contributed by atoms with E-state index in [4.69, 9.17) is 12.2 Å². The summed E-state index contributed by atoms with van der Waals surface area (Å²) in [6.45, 7) is 0. The number of nitro benzene ring substituents is 2. The maximum atomic E-state index is 10.7. The van der Waals surface area contributed by atoms with Crippen LogP contribution in [0.1, 0.15) is 11.1 Å². The number of hydrogen-bond acceptors (Lipinski definition) is 9. The molecule has 2 aromatic rings. The van der Waals surface area contributed by atoms with Crippen LogP contribution in [0.25, 0.3) is 0 Å². The fraction of sp³-hybridized carbons (Fsp3) is 0. The predicted molar refractivity (Wildman–Crippen MR) is 104 cm³/mol. The van der Waals surface area contributed by atoms with Crippen LogP contribution in [0.3, 0.4) is 0 Å². The molecule has 0 unspecified atom stereocenters. The Kier molecular flexibility index (Phi) is 6.49. The first-order chi connectivity index (χ1) is 13.3. The van der Waals surface area contributed by atoms with Crippen molar-refractivity contribution in [2.24, 2.45) is 10.2 Å². The number of non-ortho nitro benzene ring substituents is 2. The molecule has 0 spiro atoms. The van der Waals surface area contributed by atoms with Crippen LogP contribution in [0.5, 0.6) is 11.5 Å². The first kappa shape index (κ1) is 20.2. The van der Waals surface area contributed by atoms with Crippen LogP contribution < -0.4 is 10.9 Å². The fourth-order valence-corrected chi connectivity index (χ4v) is 1.97. The molecule has 0 bridgehead atoms. The summed E-state index contributed by atoms with van der Waals surface area (Å²) in [6, 6.07) is 6.85. The molecule has 0 heterocycles. The molecule has 0 aliphatic carbocycles. The molecule has 13 heteroatoms. The van der Waals surface area contributed by atoms with Crippen molar-refractivity contribution < 1.29 is 20.1 Å². The number of aromatic hydroxyl groups is 2. The average Bonchev–Trinajstić information content (AvgIpc) is 2.64. The van der Waals surface area contributed by atoms with Gasteiger partial charge in [-0.1, -0.05) is 0 Å². The molecular formula is C15H12N6O6S. The Morgan fingerprint density at radius 3 is 1.64 bits per heavy atom. The molecule has 0 radical (unpaired) electrons. The molecule has 144 valence electrons. The number of nitrogens with zero attached hydrogens (tertiary/aromatic N) is 4. The Bertz CT molecular complexity index is 915. The fourth-order valence-electron chi connectivity index (χ4n) is 1.86. The molecule has 0 aromatic heterocycles. The molecule has 0 aliphatic rings. The normalized spacial score (nSPS) is 10.9. The van der Waals surface area contributed by atoms with Crippen LogP contribution in [-0.4, -0.2) is 37.6 Å². The first-order valence-electron chi connectivity index (χ1n) is 7.35. The van der Waals surface area contributed by atoms with E-state index in [0.717, 1.165) is 48.8 Å². The predicted octanol–water partition coefficient (Wildman–Crippen LogP) is 1.75. The van der Waals surface area contributed by atoms with Crippen molar-refractivity contribution >= 4 is 41.1 Å². The molecule has 0 fully saturated rings. The van der Waals surface area contributed by atoms with Crippen molar-refractivity contribution in [3.05, 3.63) is 67.8 Å². The van der Waals surface area contributed by atoms with Crippen molar-refractivity contribution in [3.8, 4) is 11.5 Å². The summed E-state index contributed by atoms with van der Waals surface area (Å²) in [5.74, 6) is -0.427. The lowest BCUT2D eigenvalue weighted by Crippen LogP contribution is -2.28. The Balaban J connectivity index is 1.96. The zero-order chi connectivity index (χ0) is 20.7. The lowest BCUT2D eigenvalue weighted by molar-refractivity contribution is -0.385. The summed E-state index contributed by atoms with van der Waals surface area (Å²) in [5.41, 5.74) is 4.47. The standard InChI is InChI=1S/C15H12N6O6S/c22-13-3-1-11(20(24)25)5-9(13)7-16-18-15(28)19-17-8-10-6-12(21(26)27)2-4-14(10)23/h1-8,22-23H,(H2,18,19,28)/b16-7-,17-8-. The van der Waals surface area contributed by atoms with E-state index in [0.29, 0.717) is 0 Å². The quantitative estimate of drug-likeness (QED) is 0.242. The molecule has 0 saturated heterocycles. The topological polar surface area (TPSA) is 176 Å². The molecule has 0 aliphatic heterocycles. The number of benzene rings is 2.